The number of pyridine rings is 2. The predicted molar refractivity (Wildman–Crippen MR) is 72.1 cm³/mol. The van der Waals surface area contributed by atoms with Crippen molar-refractivity contribution in [2.24, 2.45) is 0 Å². The molecule has 0 aliphatic carbocycles. The van der Waals surface area contributed by atoms with Crippen LogP contribution >= 0.6 is 0 Å². The lowest BCUT2D eigenvalue weighted by Crippen LogP contribution is -2.17. The first-order valence-corrected chi connectivity index (χ1v) is 5.80. The zero-order valence-corrected chi connectivity index (χ0v) is 10.00. The van der Waals surface area contributed by atoms with Crippen LogP contribution in [-0.2, 0) is 0 Å². The van der Waals surface area contributed by atoms with Crippen molar-refractivity contribution in [2.45, 2.75) is 6.92 Å². The number of nitrogens with zero attached hydrogens (tertiary/aromatic N) is 2. The monoisotopic (exact) mass is 236 g/mol. The Bertz CT molecular complexity index is 760. The van der Waals surface area contributed by atoms with Crippen molar-refractivity contribution in [3.8, 4) is 5.69 Å². The molecule has 0 radical (unpaired) electrons. The van der Waals surface area contributed by atoms with Crippen LogP contribution in [0.4, 0.5) is 0 Å². The van der Waals surface area contributed by atoms with Crippen LogP contribution in [0.3, 0.4) is 0 Å². The van der Waals surface area contributed by atoms with Gasteiger partial charge in [0.1, 0.15) is 0 Å². The van der Waals surface area contributed by atoms with Crippen molar-refractivity contribution >= 4 is 10.9 Å². The van der Waals surface area contributed by atoms with Gasteiger partial charge < -0.3 is 0 Å². The summed E-state index contributed by atoms with van der Waals surface area (Å²) in [7, 11) is 0. The molecule has 88 valence electrons. The van der Waals surface area contributed by atoms with Gasteiger partial charge in [0.2, 0.25) is 0 Å². The zero-order valence-electron chi connectivity index (χ0n) is 10.00. The summed E-state index contributed by atoms with van der Waals surface area (Å²) in [6.45, 7) is 1.92. The first-order chi connectivity index (χ1) is 8.75. The summed E-state index contributed by atoms with van der Waals surface area (Å²) in [5.41, 5.74) is 2.49. The summed E-state index contributed by atoms with van der Waals surface area (Å²) in [4.78, 5) is 16.7. The van der Waals surface area contributed by atoms with Gasteiger partial charge in [0.25, 0.3) is 5.56 Å². The number of hydrogen-bond donors (Lipinski definition) is 0. The summed E-state index contributed by atoms with van der Waals surface area (Å²) in [6.07, 6.45) is 1.77. The van der Waals surface area contributed by atoms with Crippen molar-refractivity contribution in [2.75, 3.05) is 0 Å². The van der Waals surface area contributed by atoms with Gasteiger partial charge in [-0.05, 0) is 37.3 Å². The molecule has 0 aliphatic rings. The van der Waals surface area contributed by atoms with E-state index in [2.05, 4.69) is 4.98 Å². The first kappa shape index (κ1) is 10.7. The average Bonchev–Trinajstić information content (AvgIpc) is 2.40. The Morgan fingerprint density at radius 2 is 1.78 bits per heavy atom. The number of aryl methyl sites for hydroxylation is 1. The second-order valence-electron chi connectivity index (χ2n) is 4.21. The third kappa shape index (κ3) is 1.70. The Morgan fingerprint density at radius 1 is 1.00 bits per heavy atom. The molecule has 3 nitrogen and oxygen atoms in total. The van der Waals surface area contributed by atoms with Crippen LogP contribution in [0.5, 0.6) is 0 Å². The van der Waals surface area contributed by atoms with Crippen molar-refractivity contribution in [1.82, 2.24) is 9.55 Å². The second-order valence-corrected chi connectivity index (χ2v) is 4.21. The van der Waals surface area contributed by atoms with Crippen molar-refractivity contribution in [1.29, 1.82) is 0 Å². The molecule has 0 saturated heterocycles. The largest absolute Gasteiger partial charge is 0.284 e. The van der Waals surface area contributed by atoms with Crippen LogP contribution in [0, 0.1) is 6.92 Å². The maximum atomic E-state index is 12.4. The minimum absolute atomic E-state index is 0.0359. The van der Waals surface area contributed by atoms with Crippen LogP contribution in [0.15, 0.2) is 59.5 Å². The van der Waals surface area contributed by atoms with Crippen LogP contribution in [-0.4, -0.2) is 9.55 Å². The third-order valence-electron chi connectivity index (χ3n) is 2.93. The second kappa shape index (κ2) is 4.11. The zero-order chi connectivity index (χ0) is 12.5. The lowest BCUT2D eigenvalue weighted by Gasteiger charge is -2.06. The molecule has 3 aromatic rings. The number of hydrogen-bond acceptors (Lipinski definition) is 2. The maximum absolute atomic E-state index is 12.4. The lowest BCUT2D eigenvalue weighted by atomic mass is 10.2. The van der Waals surface area contributed by atoms with Crippen LogP contribution in [0.25, 0.3) is 16.6 Å². The first-order valence-electron chi connectivity index (χ1n) is 5.80. The molecule has 0 atom stereocenters. The Balaban J connectivity index is 2.31. The van der Waals surface area contributed by atoms with E-state index in [1.807, 2.05) is 55.5 Å². The molecule has 0 saturated carbocycles. The number of rotatable bonds is 1. The normalized spacial score (nSPS) is 10.7. The molecule has 0 unspecified atom stereocenters. The molecule has 18 heavy (non-hydrogen) atoms. The Kier molecular flexibility index (Phi) is 2.45. The molecule has 0 fully saturated rings. The van der Waals surface area contributed by atoms with E-state index in [-0.39, 0.29) is 5.56 Å². The van der Waals surface area contributed by atoms with Gasteiger partial charge in [-0.1, -0.05) is 18.2 Å². The Morgan fingerprint density at radius 3 is 2.56 bits per heavy atom. The molecule has 2 heterocycles. The fourth-order valence-electron chi connectivity index (χ4n) is 2.02. The highest BCUT2D eigenvalue weighted by Gasteiger charge is 2.04. The van der Waals surface area contributed by atoms with E-state index in [0.717, 1.165) is 16.9 Å². The molecule has 3 rings (SSSR count). The molecular formula is C15H12N2O. The minimum atomic E-state index is -0.0359. The van der Waals surface area contributed by atoms with Crippen LogP contribution in [0.2, 0.25) is 0 Å². The Labute approximate surface area is 104 Å². The van der Waals surface area contributed by atoms with Gasteiger partial charge in [0.15, 0.2) is 0 Å². The van der Waals surface area contributed by atoms with E-state index >= 15 is 0 Å². The van der Waals surface area contributed by atoms with Crippen molar-refractivity contribution in [3.05, 3.63) is 70.8 Å². The number of fused-ring (bicyclic) bond motifs is 1. The van der Waals surface area contributed by atoms with E-state index in [1.54, 1.807) is 10.8 Å². The molecule has 0 N–H and O–H groups in total. The van der Waals surface area contributed by atoms with Gasteiger partial charge in [-0.2, -0.15) is 0 Å². The molecule has 2 aromatic heterocycles. The fraction of sp³-hybridized carbons (Fsp3) is 0.0667. The van der Waals surface area contributed by atoms with E-state index in [9.17, 15) is 4.79 Å². The van der Waals surface area contributed by atoms with E-state index < -0.39 is 0 Å². The van der Waals surface area contributed by atoms with Crippen molar-refractivity contribution in [3.63, 3.8) is 0 Å². The van der Waals surface area contributed by atoms with Crippen LogP contribution in [0.1, 0.15) is 5.69 Å². The fourth-order valence-corrected chi connectivity index (χ4v) is 2.02. The predicted octanol–water partition coefficient (Wildman–Crippen LogP) is 2.69. The van der Waals surface area contributed by atoms with Crippen LogP contribution < -0.4 is 5.56 Å². The Hall–Kier alpha value is -2.42. The number of benzene rings is 1. The summed E-state index contributed by atoms with van der Waals surface area (Å²) in [5, 5.41) is 0.645. The quantitative estimate of drug-likeness (QED) is 0.651. The summed E-state index contributed by atoms with van der Waals surface area (Å²) in [5.74, 6) is 0. The molecule has 0 amide bonds. The topological polar surface area (TPSA) is 34.9 Å². The van der Waals surface area contributed by atoms with E-state index in [4.69, 9.17) is 0 Å². The van der Waals surface area contributed by atoms with Gasteiger partial charge in [-0.3, -0.25) is 14.3 Å². The highest BCUT2D eigenvalue weighted by atomic mass is 16.1. The highest BCUT2D eigenvalue weighted by Crippen LogP contribution is 2.10. The lowest BCUT2D eigenvalue weighted by molar-refractivity contribution is 1.00. The minimum Gasteiger partial charge on any atom is -0.284 e. The molecule has 0 spiro atoms. The average molecular weight is 236 g/mol. The van der Waals surface area contributed by atoms with E-state index in [1.165, 1.54) is 0 Å². The molecule has 1 aromatic carbocycles. The summed E-state index contributed by atoms with van der Waals surface area (Å²) >= 11 is 0. The van der Waals surface area contributed by atoms with Gasteiger partial charge >= 0.3 is 0 Å². The summed E-state index contributed by atoms with van der Waals surface area (Å²) < 4.78 is 1.64. The maximum Gasteiger partial charge on any atom is 0.264 e. The smallest absolute Gasteiger partial charge is 0.264 e. The van der Waals surface area contributed by atoms with Crippen molar-refractivity contribution < 1.29 is 0 Å². The third-order valence-corrected chi connectivity index (χ3v) is 2.93. The van der Waals surface area contributed by atoms with E-state index in [0.29, 0.717) is 5.39 Å². The van der Waals surface area contributed by atoms with Gasteiger partial charge in [-0.15, -0.1) is 0 Å². The molecular weight excluding hydrogens is 224 g/mol. The molecule has 3 heteroatoms. The number of aromatic nitrogens is 2. The summed E-state index contributed by atoms with van der Waals surface area (Å²) in [6, 6.07) is 15.2. The molecule has 0 bridgehead atoms. The molecule has 0 aliphatic heterocycles. The van der Waals surface area contributed by atoms with Gasteiger partial charge in [-0.25, -0.2) is 0 Å². The van der Waals surface area contributed by atoms with Gasteiger partial charge in [0.05, 0.1) is 10.9 Å². The number of para-hydroxylation sites is 1. The highest BCUT2D eigenvalue weighted by molar-refractivity contribution is 5.77. The van der Waals surface area contributed by atoms with Gasteiger partial charge in [0, 0.05) is 17.6 Å². The SMILES string of the molecule is Cc1ccc2c(=O)n(-c3ccccc3)ccc2n1. The standard InChI is InChI=1S/C15H12N2O/c1-11-7-8-13-14(16-11)9-10-17(15(13)18)12-5-3-2-4-6-12/h2-10H,1H3.